The second-order valence-corrected chi connectivity index (χ2v) is 8.25. The average molecular weight is 439 g/mol. The van der Waals surface area contributed by atoms with Crippen molar-refractivity contribution in [3.05, 3.63) is 65.7 Å². The van der Waals surface area contributed by atoms with Gasteiger partial charge in [0.15, 0.2) is 0 Å². The molecule has 0 spiro atoms. The molecule has 2 amide bonds. The molecule has 1 aliphatic rings. The van der Waals surface area contributed by atoms with E-state index in [2.05, 4.69) is 10.6 Å². The monoisotopic (exact) mass is 439 g/mol. The Morgan fingerprint density at radius 1 is 1.07 bits per heavy atom. The van der Waals surface area contributed by atoms with Gasteiger partial charge in [0.25, 0.3) is 0 Å². The normalized spacial score (nSPS) is 16.9. The highest BCUT2D eigenvalue weighted by molar-refractivity contribution is 7.89. The van der Waals surface area contributed by atoms with Crippen molar-refractivity contribution in [2.45, 2.75) is 17.7 Å². The number of benzene rings is 2. The maximum absolute atomic E-state index is 14.0. The van der Waals surface area contributed by atoms with E-state index in [1.165, 1.54) is 0 Å². The van der Waals surface area contributed by atoms with Gasteiger partial charge in [-0.25, -0.2) is 17.2 Å². The van der Waals surface area contributed by atoms with E-state index >= 15 is 0 Å². The van der Waals surface area contributed by atoms with Crippen LogP contribution >= 0.6 is 0 Å². The molecule has 3 rings (SSSR count). The second kappa shape index (κ2) is 9.28. The summed E-state index contributed by atoms with van der Waals surface area (Å²) in [5, 5.41) is 4.73. The molecule has 1 saturated heterocycles. The lowest BCUT2D eigenvalue weighted by atomic mass is 10.2. The fourth-order valence-electron chi connectivity index (χ4n) is 2.86. The molecule has 1 unspecified atom stereocenters. The van der Waals surface area contributed by atoms with Crippen LogP contribution in [0.4, 0.5) is 8.78 Å². The minimum atomic E-state index is -4.41. The summed E-state index contributed by atoms with van der Waals surface area (Å²) >= 11 is 0. The fourth-order valence-corrected chi connectivity index (χ4v) is 4.45. The lowest BCUT2D eigenvalue weighted by molar-refractivity contribution is -0.139. The van der Waals surface area contributed by atoms with E-state index in [-0.39, 0.29) is 26.2 Å². The molecule has 1 heterocycles. The molecule has 0 bridgehead atoms. The van der Waals surface area contributed by atoms with Crippen LogP contribution in [0.5, 0.6) is 0 Å². The number of carbonyl (C=O) groups excluding carboxylic acids is 2. The van der Waals surface area contributed by atoms with Gasteiger partial charge < -0.3 is 15.4 Å². The Labute approximate surface area is 171 Å². The van der Waals surface area contributed by atoms with Crippen molar-refractivity contribution >= 4 is 21.8 Å². The van der Waals surface area contributed by atoms with Crippen LogP contribution < -0.4 is 10.6 Å². The van der Waals surface area contributed by atoms with Crippen molar-refractivity contribution in [2.75, 3.05) is 19.7 Å². The second-order valence-electron chi connectivity index (χ2n) is 6.39. The molecular formula is C19H19F2N3O5S. The number of nitrogens with one attached hydrogen (secondary N) is 2. The zero-order chi connectivity index (χ0) is 21.7. The number of rotatable bonds is 6. The largest absolute Gasteiger partial charge is 0.359 e. The SMILES string of the molecule is O=C(NCc1ccccc1)C(=O)NCC1OCCN1S(=O)(=O)c1cc(F)ccc1F. The number of ether oxygens (including phenoxy) is 1. The number of amides is 2. The summed E-state index contributed by atoms with van der Waals surface area (Å²) in [6.07, 6.45) is -1.16. The Balaban J connectivity index is 1.60. The van der Waals surface area contributed by atoms with Crippen LogP contribution in [0.2, 0.25) is 0 Å². The molecule has 1 fully saturated rings. The first-order valence-electron chi connectivity index (χ1n) is 8.97. The first-order valence-corrected chi connectivity index (χ1v) is 10.4. The first kappa shape index (κ1) is 21.8. The highest BCUT2D eigenvalue weighted by Gasteiger charge is 2.38. The van der Waals surface area contributed by atoms with Crippen molar-refractivity contribution < 1.29 is 31.5 Å². The Bertz CT molecular complexity index is 1030. The van der Waals surface area contributed by atoms with Crippen LogP contribution in [0.15, 0.2) is 53.4 Å². The predicted molar refractivity (Wildman–Crippen MR) is 101 cm³/mol. The van der Waals surface area contributed by atoms with Gasteiger partial charge in [-0.2, -0.15) is 4.31 Å². The third kappa shape index (κ3) is 4.99. The van der Waals surface area contributed by atoms with Gasteiger partial charge in [0, 0.05) is 13.1 Å². The third-order valence-corrected chi connectivity index (χ3v) is 6.27. The summed E-state index contributed by atoms with van der Waals surface area (Å²) < 4.78 is 58.9. The van der Waals surface area contributed by atoms with E-state index in [1.54, 1.807) is 24.3 Å². The summed E-state index contributed by atoms with van der Waals surface area (Å²) in [5.41, 5.74) is 0.798. The predicted octanol–water partition coefficient (Wildman–Crippen LogP) is 0.744. The standard InChI is InChI=1S/C19H19F2N3O5S/c20-14-6-7-15(21)16(10-14)30(27,28)24-8-9-29-17(24)12-23-19(26)18(25)22-11-13-4-2-1-3-5-13/h1-7,10,17H,8-9,11-12H2,(H,22,25)(H,23,26). The van der Waals surface area contributed by atoms with Gasteiger partial charge in [-0.15, -0.1) is 0 Å². The maximum atomic E-state index is 14.0. The van der Waals surface area contributed by atoms with Crippen LogP contribution in [0.3, 0.4) is 0 Å². The topological polar surface area (TPSA) is 105 Å². The van der Waals surface area contributed by atoms with E-state index in [0.717, 1.165) is 15.9 Å². The van der Waals surface area contributed by atoms with Crippen molar-refractivity contribution in [2.24, 2.45) is 0 Å². The molecule has 1 aliphatic heterocycles. The number of halogens is 2. The van der Waals surface area contributed by atoms with E-state index in [4.69, 9.17) is 4.74 Å². The smallest absolute Gasteiger partial charge is 0.309 e. The van der Waals surface area contributed by atoms with Gasteiger partial charge >= 0.3 is 11.8 Å². The number of hydrogen-bond acceptors (Lipinski definition) is 5. The molecule has 1 atom stereocenters. The van der Waals surface area contributed by atoms with Gasteiger partial charge in [-0.05, 0) is 23.8 Å². The van der Waals surface area contributed by atoms with E-state index in [9.17, 15) is 26.8 Å². The molecule has 160 valence electrons. The molecular weight excluding hydrogens is 420 g/mol. The molecule has 2 N–H and O–H groups in total. The fraction of sp³-hybridized carbons (Fsp3) is 0.263. The lowest BCUT2D eigenvalue weighted by Crippen LogP contribution is -2.47. The quantitative estimate of drug-likeness (QED) is 0.647. The molecule has 2 aromatic carbocycles. The van der Waals surface area contributed by atoms with E-state index in [1.807, 2.05) is 6.07 Å². The van der Waals surface area contributed by atoms with Gasteiger partial charge in [-0.3, -0.25) is 9.59 Å². The molecule has 0 aromatic heterocycles. The highest BCUT2D eigenvalue weighted by atomic mass is 32.2. The lowest BCUT2D eigenvalue weighted by Gasteiger charge is -2.23. The van der Waals surface area contributed by atoms with Crippen molar-refractivity contribution in [3.63, 3.8) is 0 Å². The summed E-state index contributed by atoms with van der Waals surface area (Å²) in [6, 6.07) is 11.0. The molecule has 0 aliphatic carbocycles. The Morgan fingerprint density at radius 2 is 1.77 bits per heavy atom. The van der Waals surface area contributed by atoms with Crippen LogP contribution in [0.25, 0.3) is 0 Å². The number of nitrogens with zero attached hydrogens (tertiary/aromatic N) is 1. The summed E-state index contributed by atoms with van der Waals surface area (Å²) in [7, 11) is -4.41. The summed E-state index contributed by atoms with van der Waals surface area (Å²) in [4.78, 5) is 23.1. The summed E-state index contributed by atoms with van der Waals surface area (Å²) in [5.74, 6) is -3.89. The van der Waals surface area contributed by atoms with Gasteiger partial charge in [-0.1, -0.05) is 30.3 Å². The number of sulfonamides is 1. The van der Waals surface area contributed by atoms with Crippen molar-refractivity contribution in [1.29, 1.82) is 0 Å². The average Bonchev–Trinajstić information content (AvgIpc) is 3.22. The molecule has 2 aromatic rings. The zero-order valence-electron chi connectivity index (χ0n) is 15.7. The van der Waals surface area contributed by atoms with Crippen molar-refractivity contribution in [3.8, 4) is 0 Å². The molecule has 11 heteroatoms. The third-order valence-electron chi connectivity index (χ3n) is 4.36. The van der Waals surface area contributed by atoms with Crippen LogP contribution in [-0.2, 0) is 30.9 Å². The van der Waals surface area contributed by atoms with Gasteiger partial charge in [0.2, 0.25) is 10.0 Å². The number of carbonyl (C=O) groups is 2. The Hall–Kier alpha value is -2.89. The molecule has 30 heavy (non-hydrogen) atoms. The van der Waals surface area contributed by atoms with E-state index < -0.39 is 44.6 Å². The van der Waals surface area contributed by atoms with Crippen molar-refractivity contribution in [1.82, 2.24) is 14.9 Å². The van der Waals surface area contributed by atoms with Crippen LogP contribution in [-0.4, -0.2) is 50.5 Å². The van der Waals surface area contributed by atoms with Gasteiger partial charge in [0.05, 0.1) is 13.2 Å². The van der Waals surface area contributed by atoms with E-state index in [0.29, 0.717) is 12.1 Å². The highest BCUT2D eigenvalue weighted by Crippen LogP contribution is 2.24. The Morgan fingerprint density at radius 3 is 2.50 bits per heavy atom. The zero-order valence-corrected chi connectivity index (χ0v) is 16.5. The van der Waals surface area contributed by atoms with Crippen LogP contribution in [0, 0.1) is 11.6 Å². The molecule has 0 saturated carbocycles. The summed E-state index contributed by atoms with van der Waals surface area (Å²) in [6.45, 7) is -0.309. The molecule has 0 radical (unpaired) electrons. The Kier molecular flexibility index (Phi) is 6.75. The van der Waals surface area contributed by atoms with Crippen LogP contribution in [0.1, 0.15) is 5.56 Å². The minimum absolute atomic E-state index is 0.00307. The minimum Gasteiger partial charge on any atom is -0.359 e. The maximum Gasteiger partial charge on any atom is 0.309 e. The molecule has 8 nitrogen and oxygen atoms in total. The number of hydrogen-bond donors (Lipinski definition) is 2. The first-order chi connectivity index (χ1) is 14.3. The van der Waals surface area contributed by atoms with Gasteiger partial charge in [0.1, 0.15) is 22.8 Å².